The summed E-state index contributed by atoms with van der Waals surface area (Å²) < 4.78 is 5.50. The molecule has 1 aromatic heterocycles. The van der Waals surface area contributed by atoms with Gasteiger partial charge in [0.05, 0.1) is 6.54 Å². The van der Waals surface area contributed by atoms with Crippen molar-refractivity contribution in [2.75, 3.05) is 32.7 Å². The SMILES string of the molecule is O=C(NCC1CC1)c1coc(CN2CCN(Cc3cccc(Cl)c3)CC2)n1. The van der Waals surface area contributed by atoms with E-state index in [0.717, 1.165) is 44.3 Å². The van der Waals surface area contributed by atoms with E-state index in [-0.39, 0.29) is 5.91 Å². The number of aromatic nitrogens is 1. The second kappa shape index (κ2) is 8.42. The Morgan fingerprint density at radius 2 is 1.93 bits per heavy atom. The van der Waals surface area contributed by atoms with Crippen LogP contribution in [0.15, 0.2) is 34.9 Å². The predicted octanol–water partition coefficient (Wildman–Crippen LogP) is 2.79. The number of benzene rings is 1. The molecular formula is C20H25ClN4O2. The zero-order chi connectivity index (χ0) is 18.6. The molecule has 2 aliphatic rings. The van der Waals surface area contributed by atoms with Crippen molar-refractivity contribution in [3.63, 3.8) is 0 Å². The van der Waals surface area contributed by atoms with Crippen LogP contribution >= 0.6 is 11.6 Å². The molecule has 0 unspecified atom stereocenters. The maximum Gasteiger partial charge on any atom is 0.273 e. The molecule has 1 N–H and O–H groups in total. The van der Waals surface area contributed by atoms with E-state index in [1.165, 1.54) is 24.7 Å². The summed E-state index contributed by atoms with van der Waals surface area (Å²) in [5.41, 5.74) is 1.62. The van der Waals surface area contributed by atoms with Gasteiger partial charge >= 0.3 is 0 Å². The van der Waals surface area contributed by atoms with Gasteiger partial charge in [-0.05, 0) is 36.5 Å². The van der Waals surface area contributed by atoms with Gasteiger partial charge in [0.25, 0.3) is 5.91 Å². The van der Waals surface area contributed by atoms with E-state index < -0.39 is 0 Å². The Kier molecular flexibility index (Phi) is 5.76. The van der Waals surface area contributed by atoms with Crippen LogP contribution in [0, 0.1) is 5.92 Å². The third-order valence-corrected chi connectivity index (χ3v) is 5.39. The van der Waals surface area contributed by atoms with Crippen molar-refractivity contribution in [2.45, 2.75) is 25.9 Å². The highest BCUT2D eigenvalue weighted by molar-refractivity contribution is 6.30. The van der Waals surface area contributed by atoms with E-state index in [2.05, 4.69) is 26.2 Å². The van der Waals surface area contributed by atoms with Crippen LogP contribution in [-0.2, 0) is 13.1 Å². The highest BCUT2D eigenvalue weighted by Gasteiger charge is 2.23. The Morgan fingerprint density at radius 3 is 2.63 bits per heavy atom. The van der Waals surface area contributed by atoms with Gasteiger partial charge in [-0.25, -0.2) is 4.98 Å². The van der Waals surface area contributed by atoms with Crippen LogP contribution in [0.5, 0.6) is 0 Å². The fraction of sp³-hybridized carbons (Fsp3) is 0.500. The first kappa shape index (κ1) is 18.5. The van der Waals surface area contributed by atoms with E-state index >= 15 is 0 Å². The van der Waals surface area contributed by atoms with Gasteiger partial charge in [0.1, 0.15) is 6.26 Å². The van der Waals surface area contributed by atoms with Crippen molar-refractivity contribution in [3.05, 3.63) is 52.7 Å². The molecule has 1 aromatic carbocycles. The van der Waals surface area contributed by atoms with Gasteiger partial charge in [0.2, 0.25) is 5.89 Å². The summed E-state index contributed by atoms with van der Waals surface area (Å²) in [5.74, 6) is 1.13. The molecule has 2 fully saturated rings. The Bertz CT molecular complexity index is 782. The lowest BCUT2D eigenvalue weighted by molar-refractivity contribution is 0.0946. The molecule has 1 amide bonds. The number of nitrogens with one attached hydrogen (secondary N) is 1. The van der Waals surface area contributed by atoms with Gasteiger partial charge in [-0.2, -0.15) is 0 Å². The first-order valence-corrected chi connectivity index (χ1v) is 9.95. The first-order valence-electron chi connectivity index (χ1n) is 9.57. The summed E-state index contributed by atoms with van der Waals surface area (Å²) in [6.45, 7) is 6.18. The van der Waals surface area contributed by atoms with Gasteiger partial charge < -0.3 is 9.73 Å². The van der Waals surface area contributed by atoms with Crippen LogP contribution < -0.4 is 5.32 Å². The number of amides is 1. The third-order valence-electron chi connectivity index (χ3n) is 5.15. The highest BCUT2D eigenvalue weighted by Crippen LogP contribution is 2.27. The molecule has 0 radical (unpaired) electrons. The van der Waals surface area contributed by atoms with Crippen LogP contribution in [0.25, 0.3) is 0 Å². The average molecular weight is 389 g/mol. The minimum atomic E-state index is -0.136. The summed E-state index contributed by atoms with van der Waals surface area (Å²) >= 11 is 6.07. The lowest BCUT2D eigenvalue weighted by atomic mass is 10.2. The number of hydrogen-bond acceptors (Lipinski definition) is 5. The van der Waals surface area contributed by atoms with Crippen molar-refractivity contribution in [2.24, 2.45) is 5.92 Å². The number of hydrogen-bond donors (Lipinski definition) is 1. The van der Waals surface area contributed by atoms with E-state index in [9.17, 15) is 4.79 Å². The van der Waals surface area contributed by atoms with Crippen molar-refractivity contribution < 1.29 is 9.21 Å². The van der Waals surface area contributed by atoms with Crippen LogP contribution in [0.3, 0.4) is 0 Å². The van der Waals surface area contributed by atoms with E-state index in [1.807, 2.05) is 18.2 Å². The van der Waals surface area contributed by atoms with Gasteiger partial charge in [0, 0.05) is 44.3 Å². The molecule has 7 heteroatoms. The molecule has 0 atom stereocenters. The molecule has 0 bridgehead atoms. The van der Waals surface area contributed by atoms with Crippen molar-refractivity contribution in [3.8, 4) is 0 Å². The number of rotatable bonds is 7. The maximum atomic E-state index is 12.1. The average Bonchev–Trinajstić information content (AvgIpc) is 3.38. The normalized spacial score (nSPS) is 18.6. The minimum absolute atomic E-state index is 0.136. The van der Waals surface area contributed by atoms with Crippen LogP contribution in [0.4, 0.5) is 0 Å². The van der Waals surface area contributed by atoms with Gasteiger partial charge in [0.15, 0.2) is 5.69 Å². The molecular weight excluding hydrogens is 364 g/mol. The van der Waals surface area contributed by atoms with E-state index in [0.29, 0.717) is 24.0 Å². The molecule has 144 valence electrons. The Labute approximate surface area is 164 Å². The van der Waals surface area contributed by atoms with Crippen LogP contribution in [0.2, 0.25) is 5.02 Å². The highest BCUT2D eigenvalue weighted by atomic mass is 35.5. The minimum Gasteiger partial charge on any atom is -0.447 e. The van der Waals surface area contributed by atoms with Gasteiger partial charge in [-0.15, -0.1) is 0 Å². The molecule has 0 spiro atoms. The largest absolute Gasteiger partial charge is 0.447 e. The number of halogens is 1. The standard InChI is InChI=1S/C20H25ClN4O2/c21-17-3-1-2-16(10-17)12-24-6-8-25(9-7-24)13-19-23-18(14-27-19)20(26)22-11-15-4-5-15/h1-3,10,14-15H,4-9,11-13H2,(H,22,26). The number of carbonyl (C=O) groups is 1. The van der Waals surface area contributed by atoms with Crippen molar-refractivity contribution in [1.29, 1.82) is 0 Å². The summed E-state index contributed by atoms with van der Waals surface area (Å²) in [7, 11) is 0. The zero-order valence-corrected chi connectivity index (χ0v) is 16.1. The summed E-state index contributed by atoms with van der Waals surface area (Å²) in [5, 5.41) is 3.70. The maximum absolute atomic E-state index is 12.1. The molecule has 2 aromatic rings. The van der Waals surface area contributed by atoms with Crippen LogP contribution in [0.1, 0.15) is 34.8 Å². The second-order valence-corrected chi connectivity index (χ2v) is 7.90. The van der Waals surface area contributed by atoms with Gasteiger partial charge in [-0.1, -0.05) is 23.7 Å². The predicted molar refractivity (Wildman–Crippen MR) is 104 cm³/mol. The molecule has 1 aliphatic heterocycles. The molecule has 1 aliphatic carbocycles. The topological polar surface area (TPSA) is 61.6 Å². The fourth-order valence-corrected chi connectivity index (χ4v) is 3.54. The summed E-state index contributed by atoms with van der Waals surface area (Å²) in [6, 6.07) is 8.03. The molecule has 27 heavy (non-hydrogen) atoms. The van der Waals surface area contributed by atoms with E-state index in [1.54, 1.807) is 0 Å². The third kappa shape index (κ3) is 5.31. The number of piperazine rings is 1. The molecule has 6 nitrogen and oxygen atoms in total. The Balaban J connectivity index is 1.22. The lowest BCUT2D eigenvalue weighted by Crippen LogP contribution is -2.45. The molecule has 1 saturated carbocycles. The smallest absolute Gasteiger partial charge is 0.273 e. The first-order chi connectivity index (χ1) is 13.2. The quantitative estimate of drug-likeness (QED) is 0.790. The van der Waals surface area contributed by atoms with Crippen molar-refractivity contribution in [1.82, 2.24) is 20.1 Å². The monoisotopic (exact) mass is 388 g/mol. The number of oxazole rings is 1. The molecule has 2 heterocycles. The van der Waals surface area contributed by atoms with Crippen LogP contribution in [-0.4, -0.2) is 53.4 Å². The number of carbonyl (C=O) groups excluding carboxylic acids is 1. The summed E-state index contributed by atoms with van der Waals surface area (Å²) in [6.07, 6.45) is 3.90. The second-order valence-electron chi connectivity index (χ2n) is 7.46. The lowest BCUT2D eigenvalue weighted by Gasteiger charge is -2.34. The Hall–Kier alpha value is -1.89. The van der Waals surface area contributed by atoms with Gasteiger partial charge in [-0.3, -0.25) is 14.6 Å². The van der Waals surface area contributed by atoms with E-state index in [4.69, 9.17) is 16.0 Å². The number of nitrogens with zero attached hydrogens (tertiary/aromatic N) is 3. The zero-order valence-electron chi connectivity index (χ0n) is 15.4. The Morgan fingerprint density at radius 1 is 1.19 bits per heavy atom. The molecule has 4 rings (SSSR count). The molecule has 1 saturated heterocycles. The summed E-state index contributed by atoms with van der Waals surface area (Å²) in [4.78, 5) is 21.1. The fourth-order valence-electron chi connectivity index (χ4n) is 3.33. The van der Waals surface area contributed by atoms with Crippen molar-refractivity contribution >= 4 is 17.5 Å².